The fourth-order valence-electron chi connectivity index (χ4n) is 0.578. The number of hydrogen-bond acceptors (Lipinski definition) is 2. The van der Waals surface area contributed by atoms with Crippen molar-refractivity contribution in [1.82, 2.24) is 0 Å². The first-order valence-electron chi connectivity index (χ1n) is 3.34. The molecule has 0 radical (unpaired) electrons. The van der Waals surface area contributed by atoms with Crippen molar-refractivity contribution in [3.8, 4) is 0 Å². The van der Waals surface area contributed by atoms with E-state index in [0.717, 1.165) is 6.42 Å². The van der Waals surface area contributed by atoms with Crippen LogP contribution >= 0.6 is 23.2 Å². The van der Waals surface area contributed by atoms with E-state index in [1.165, 1.54) is 7.11 Å². The van der Waals surface area contributed by atoms with Crippen LogP contribution in [0.2, 0.25) is 0 Å². The first-order valence-corrected chi connectivity index (χ1v) is 4.10. The predicted octanol–water partition coefficient (Wildman–Crippen LogP) is 2.74. The number of ether oxygens (including phenoxy) is 1. The van der Waals surface area contributed by atoms with Crippen molar-refractivity contribution >= 4 is 33.7 Å². The van der Waals surface area contributed by atoms with Gasteiger partial charge in [0.15, 0.2) is 10.9 Å². The summed E-state index contributed by atoms with van der Waals surface area (Å²) in [7, 11) is 1.48. The lowest BCUT2D eigenvalue weighted by Crippen LogP contribution is -1.98. The number of methoxy groups -OCH3 is 1. The molecule has 0 aromatic heterocycles. The van der Waals surface area contributed by atoms with E-state index in [0.29, 0.717) is 5.76 Å². The van der Waals surface area contributed by atoms with Crippen molar-refractivity contribution in [2.75, 3.05) is 7.11 Å². The Hall–Kier alpha value is -0.540. The first-order chi connectivity index (χ1) is 5.61. The molecule has 3 nitrogen and oxygen atoms in total. The molecule has 0 aromatic carbocycles. The molecule has 0 unspecified atom stereocenters. The summed E-state index contributed by atoms with van der Waals surface area (Å²) in [5.41, 5.74) is 0. The van der Waals surface area contributed by atoms with Gasteiger partial charge in [-0.2, -0.15) is 0 Å². The summed E-state index contributed by atoms with van der Waals surface area (Å²) in [4.78, 5) is 3.50. The van der Waals surface area contributed by atoms with Crippen LogP contribution in [0.3, 0.4) is 0 Å². The Labute approximate surface area is 81.5 Å². The van der Waals surface area contributed by atoms with Crippen LogP contribution in [-0.2, 0) is 4.74 Å². The van der Waals surface area contributed by atoms with Crippen LogP contribution in [0, 0.1) is 5.41 Å². The maximum Gasteiger partial charge on any atom is 0.216 e. The van der Waals surface area contributed by atoms with E-state index in [4.69, 9.17) is 33.3 Å². The molecule has 0 aliphatic heterocycles. The average Bonchev–Trinajstić information content (AvgIpc) is 1.98. The number of rotatable bonds is 3. The summed E-state index contributed by atoms with van der Waals surface area (Å²) in [6, 6.07) is 0. The average molecular weight is 209 g/mol. The summed E-state index contributed by atoms with van der Waals surface area (Å²) >= 11 is 10.9. The van der Waals surface area contributed by atoms with Gasteiger partial charge in [0.2, 0.25) is 5.29 Å². The second-order valence-corrected chi connectivity index (χ2v) is 2.59. The summed E-state index contributed by atoms with van der Waals surface area (Å²) in [5.74, 6) is 0.435. The Morgan fingerprint density at radius 3 is 2.50 bits per heavy atom. The van der Waals surface area contributed by atoms with Crippen molar-refractivity contribution in [2.24, 2.45) is 4.99 Å². The zero-order valence-electron chi connectivity index (χ0n) is 6.90. The van der Waals surface area contributed by atoms with Crippen LogP contribution < -0.4 is 0 Å². The summed E-state index contributed by atoms with van der Waals surface area (Å²) in [6.45, 7) is 1.94. The molecule has 0 aromatic rings. The van der Waals surface area contributed by atoms with Gasteiger partial charge in [-0.15, -0.1) is 0 Å². The highest BCUT2D eigenvalue weighted by molar-refractivity contribution is 6.73. The topological polar surface area (TPSA) is 45.4 Å². The molecule has 0 bridgehead atoms. The van der Waals surface area contributed by atoms with Gasteiger partial charge >= 0.3 is 0 Å². The minimum atomic E-state index is -0.362. The molecule has 0 saturated carbocycles. The van der Waals surface area contributed by atoms with Crippen LogP contribution in [0.1, 0.15) is 13.3 Å². The standard InChI is InChI=1S/C7H10Cl2N2O/c1-3-4-5(12-2)6(8)11-7(9)10/h4,10H,3H2,1-2H3/b5-4+,10-7?,11-6+. The number of allylic oxidation sites excluding steroid dienone is 2. The number of nitrogens with zero attached hydrogens (tertiary/aromatic N) is 1. The Morgan fingerprint density at radius 2 is 2.17 bits per heavy atom. The van der Waals surface area contributed by atoms with E-state index in [9.17, 15) is 0 Å². The maximum atomic E-state index is 6.84. The third-order valence-electron chi connectivity index (χ3n) is 1.01. The minimum absolute atomic E-state index is 0.0966. The number of hydrogen-bond donors (Lipinski definition) is 1. The zero-order valence-corrected chi connectivity index (χ0v) is 8.41. The molecule has 0 rings (SSSR count). The quantitative estimate of drug-likeness (QED) is 0.330. The van der Waals surface area contributed by atoms with E-state index in [-0.39, 0.29) is 10.5 Å². The number of aliphatic imine (C=N–C) groups is 1. The molecule has 0 saturated heterocycles. The highest BCUT2D eigenvalue weighted by Gasteiger charge is 2.03. The highest BCUT2D eigenvalue weighted by Crippen LogP contribution is 2.06. The predicted molar refractivity (Wildman–Crippen MR) is 52.3 cm³/mol. The SMILES string of the molecule is CC/C=C(OC)\C(Cl)=N/C(=N)Cl. The van der Waals surface area contributed by atoms with Gasteiger partial charge in [-0.25, -0.2) is 4.99 Å². The van der Waals surface area contributed by atoms with E-state index in [1.54, 1.807) is 6.08 Å². The fraction of sp³-hybridized carbons (Fsp3) is 0.429. The van der Waals surface area contributed by atoms with Gasteiger partial charge < -0.3 is 4.74 Å². The number of nitrogens with one attached hydrogen (secondary N) is 1. The Bertz CT molecular complexity index is 223. The van der Waals surface area contributed by atoms with Gasteiger partial charge in [0.1, 0.15) is 0 Å². The molecule has 1 N–H and O–H groups in total. The number of amidine groups is 1. The van der Waals surface area contributed by atoms with E-state index >= 15 is 0 Å². The molecule has 0 fully saturated rings. The van der Waals surface area contributed by atoms with Gasteiger partial charge in [0.25, 0.3) is 0 Å². The van der Waals surface area contributed by atoms with Crippen LogP contribution in [0.4, 0.5) is 0 Å². The second kappa shape index (κ2) is 6.03. The maximum absolute atomic E-state index is 6.84. The van der Waals surface area contributed by atoms with Gasteiger partial charge in [0, 0.05) is 0 Å². The molecule has 0 atom stereocenters. The second-order valence-electron chi connectivity index (χ2n) is 1.87. The normalized spacial score (nSPS) is 13.0. The summed E-state index contributed by atoms with van der Waals surface area (Å²) in [5, 5.41) is 6.57. The summed E-state index contributed by atoms with van der Waals surface area (Å²) in [6.07, 6.45) is 2.54. The van der Waals surface area contributed by atoms with Crippen molar-refractivity contribution in [1.29, 1.82) is 5.41 Å². The van der Waals surface area contributed by atoms with Crippen molar-refractivity contribution in [3.05, 3.63) is 11.8 Å². The van der Waals surface area contributed by atoms with Crippen molar-refractivity contribution in [3.63, 3.8) is 0 Å². The van der Waals surface area contributed by atoms with Gasteiger partial charge in [0.05, 0.1) is 7.11 Å². The van der Waals surface area contributed by atoms with Crippen LogP contribution in [-0.4, -0.2) is 17.6 Å². The monoisotopic (exact) mass is 208 g/mol. The first kappa shape index (κ1) is 11.5. The van der Waals surface area contributed by atoms with E-state index in [2.05, 4.69) is 4.99 Å². The van der Waals surface area contributed by atoms with Crippen molar-refractivity contribution < 1.29 is 4.74 Å². The largest absolute Gasteiger partial charge is 0.494 e. The fourth-order valence-corrected chi connectivity index (χ4v) is 0.945. The smallest absolute Gasteiger partial charge is 0.216 e. The molecule has 0 heterocycles. The molecule has 12 heavy (non-hydrogen) atoms. The molecule has 5 heteroatoms. The van der Waals surface area contributed by atoms with Crippen molar-refractivity contribution in [2.45, 2.75) is 13.3 Å². The minimum Gasteiger partial charge on any atom is -0.494 e. The Kier molecular flexibility index (Phi) is 5.76. The lowest BCUT2D eigenvalue weighted by atomic mass is 10.4. The van der Waals surface area contributed by atoms with Gasteiger partial charge in [-0.05, 0) is 24.1 Å². The molecule has 0 amide bonds. The molecular weight excluding hydrogens is 199 g/mol. The highest BCUT2D eigenvalue weighted by atomic mass is 35.5. The van der Waals surface area contributed by atoms with Crippen LogP contribution in [0.25, 0.3) is 0 Å². The zero-order chi connectivity index (χ0) is 9.56. The lowest BCUT2D eigenvalue weighted by Gasteiger charge is -2.01. The molecule has 0 aliphatic carbocycles. The van der Waals surface area contributed by atoms with Gasteiger partial charge in [-0.3, -0.25) is 5.41 Å². The molecule has 0 aliphatic rings. The molecule has 68 valence electrons. The van der Waals surface area contributed by atoms with E-state index in [1.807, 2.05) is 6.92 Å². The van der Waals surface area contributed by atoms with Gasteiger partial charge in [-0.1, -0.05) is 18.5 Å². The summed E-state index contributed by atoms with van der Waals surface area (Å²) < 4.78 is 4.90. The third kappa shape index (κ3) is 4.36. The Balaban J connectivity index is 4.52. The van der Waals surface area contributed by atoms with E-state index < -0.39 is 0 Å². The third-order valence-corrected chi connectivity index (χ3v) is 1.36. The van der Waals surface area contributed by atoms with Crippen LogP contribution in [0.15, 0.2) is 16.8 Å². The Morgan fingerprint density at radius 1 is 1.58 bits per heavy atom. The van der Waals surface area contributed by atoms with Crippen LogP contribution in [0.5, 0.6) is 0 Å². The molecular formula is C7H10Cl2N2O. The molecule has 0 spiro atoms. The lowest BCUT2D eigenvalue weighted by molar-refractivity contribution is 0.315. The number of halogens is 2.